The lowest BCUT2D eigenvalue weighted by Crippen LogP contribution is -2.45. The van der Waals surface area contributed by atoms with Gasteiger partial charge in [0.1, 0.15) is 6.04 Å². The number of thiophene rings is 1. The molecular weight excluding hydrogens is 384 g/mol. The zero-order valence-electron chi connectivity index (χ0n) is 15.4. The van der Waals surface area contributed by atoms with Crippen molar-refractivity contribution in [2.45, 2.75) is 24.8 Å². The van der Waals surface area contributed by atoms with Crippen LogP contribution in [0.3, 0.4) is 0 Å². The molecule has 8 heteroatoms. The second-order valence-corrected chi connectivity index (χ2v) is 7.88. The van der Waals surface area contributed by atoms with E-state index in [9.17, 15) is 14.4 Å². The fraction of sp³-hybridized carbons (Fsp3) is 0.316. The minimum Gasteiger partial charge on any atom is -0.454 e. The lowest BCUT2D eigenvalue weighted by molar-refractivity contribution is -0.150. The Hall–Kier alpha value is -2.32. The topological polar surface area (TPSA) is 84.5 Å². The molecule has 0 aliphatic heterocycles. The van der Waals surface area contributed by atoms with Gasteiger partial charge in [-0.3, -0.25) is 9.59 Å². The number of nitrogens with one attached hydrogen (secondary N) is 2. The van der Waals surface area contributed by atoms with Gasteiger partial charge < -0.3 is 15.4 Å². The quantitative estimate of drug-likeness (QED) is 0.518. The molecule has 1 heterocycles. The third-order valence-electron chi connectivity index (χ3n) is 3.67. The number of thioether (sulfide) groups is 1. The van der Waals surface area contributed by atoms with E-state index in [4.69, 9.17) is 4.74 Å². The molecule has 0 aliphatic carbocycles. The van der Waals surface area contributed by atoms with Gasteiger partial charge in [0.25, 0.3) is 11.8 Å². The van der Waals surface area contributed by atoms with E-state index < -0.39 is 24.5 Å². The molecule has 0 saturated heterocycles. The summed E-state index contributed by atoms with van der Waals surface area (Å²) in [5, 5.41) is 7.12. The Labute approximate surface area is 166 Å². The summed E-state index contributed by atoms with van der Waals surface area (Å²) < 4.78 is 5.10. The van der Waals surface area contributed by atoms with E-state index in [0.29, 0.717) is 10.6 Å². The van der Waals surface area contributed by atoms with Crippen molar-refractivity contribution in [2.24, 2.45) is 5.92 Å². The molecule has 2 N–H and O–H groups in total. The van der Waals surface area contributed by atoms with Gasteiger partial charge in [0.15, 0.2) is 6.61 Å². The third-order valence-corrected chi connectivity index (χ3v) is 5.28. The number of ether oxygens (including phenoxy) is 1. The van der Waals surface area contributed by atoms with Crippen LogP contribution in [0.1, 0.15) is 23.5 Å². The minimum absolute atomic E-state index is 0.177. The van der Waals surface area contributed by atoms with Gasteiger partial charge in [-0.15, -0.1) is 23.1 Å². The van der Waals surface area contributed by atoms with Gasteiger partial charge in [0, 0.05) is 10.6 Å². The fourth-order valence-corrected chi connectivity index (χ4v) is 3.25. The molecule has 6 nitrogen and oxygen atoms in total. The zero-order chi connectivity index (χ0) is 19.8. The summed E-state index contributed by atoms with van der Waals surface area (Å²) in [6.45, 7) is 3.18. The molecule has 1 unspecified atom stereocenters. The van der Waals surface area contributed by atoms with Crippen LogP contribution in [0.5, 0.6) is 0 Å². The predicted octanol–water partition coefficient (Wildman–Crippen LogP) is 3.41. The smallest absolute Gasteiger partial charge is 0.329 e. The van der Waals surface area contributed by atoms with Crippen LogP contribution in [-0.4, -0.2) is 36.7 Å². The summed E-state index contributed by atoms with van der Waals surface area (Å²) in [5.41, 5.74) is 0.625. The number of hydrogen-bond donors (Lipinski definition) is 2. The highest BCUT2D eigenvalue weighted by Crippen LogP contribution is 2.17. The predicted molar refractivity (Wildman–Crippen MR) is 108 cm³/mol. The highest BCUT2D eigenvalue weighted by molar-refractivity contribution is 7.98. The summed E-state index contributed by atoms with van der Waals surface area (Å²) in [6.07, 6.45) is 1.97. The Morgan fingerprint density at radius 2 is 1.85 bits per heavy atom. The Balaban J connectivity index is 1.86. The molecule has 2 amide bonds. The van der Waals surface area contributed by atoms with E-state index in [1.165, 1.54) is 11.3 Å². The van der Waals surface area contributed by atoms with Crippen molar-refractivity contribution in [3.63, 3.8) is 0 Å². The van der Waals surface area contributed by atoms with E-state index >= 15 is 0 Å². The average molecular weight is 407 g/mol. The first-order chi connectivity index (χ1) is 12.9. The van der Waals surface area contributed by atoms with E-state index in [1.807, 2.05) is 18.4 Å². The lowest BCUT2D eigenvalue weighted by atomic mass is 10.0. The number of hydrogen-bond acceptors (Lipinski definition) is 6. The van der Waals surface area contributed by atoms with Crippen molar-refractivity contribution < 1.29 is 19.1 Å². The van der Waals surface area contributed by atoms with Gasteiger partial charge >= 0.3 is 5.97 Å². The summed E-state index contributed by atoms with van der Waals surface area (Å²) in [4.78, 5) is 38.1. The monoisotopic (exact) mass is 406 g/mol. The molecule has 2 aromatic rings. The molecule has 0 fully saturated rings. The van der Waals surface area contributed by atoms with Crippen LogP contribution < -0.4 is 10.6 Å². The number of amides is 2. The minimum atomic E-state index is -0.826. The fourth-order valence-electron chi connectivity index (χ4n) is 2.22. The number of carbonyl (C=O) groups excluding carboxylic acids is 3. The Morgan fingerprint density at radius 1 is 1.15 bits per heavy atom. The van der Waals surface area contributed by atoms with Gasteiger partial charge in [-0.2, -0.15) is 0 Å². The van der Waals surface area contributed by atoms with Crippen LogP contribution in [0.25, 0.3) is 0 Å². The lowest BCUT2D eigenvalue weighted by Gasteiger charge is -2.20. The van der Waals surface area contributed by atoms with Crippen LogP contribution in [0.4, 0.5) is 5.69 Å². The van der Waals surface area contributed by atoms with Crippen molar-refractivity contribution in [3.8, 4) is 0 Å². The maximum absolute atomic E-state index is 12.3. The molecular formula is C19H22N2O4S2. The van der Waals surface area contributed by atoms with Crippen molar-refractivity contribution >= 4 is 46.6 Å². The summed E-state index contributed by atoms with van der Waals surface area (Å²) in [5.74, 6) is -1.59. The molecule has 0 saturated carbocycles. The van der Waals surface area contributed by atoms with E-state index in [2.05, 4.69) is 10.6 Å². The van der Waals surface area contributed by atoms with Gasteiger partial charge in [-0.25, -0.2) is 4.79 Å². The molecule has 1 aromatic heterocycles. The zero-order valence-corrected chi connectivity index (χ0v) is 17.0. The number of rotatable bonds is 8. The van der Waals surface area contributed by atoms with Gasteiger partial charge in [-0.05, 0) is 47.9 Å². The highest BCUT2D eigenvalue weighted by Gasteiger charge is 2.27. The maximum Gasteiger partial charge on any atom is 0.329 e. The first-order valence-electron chi connectivity index (χ1n) is 8.35. The molecule has 2 rings (SSSR count). The summed E-state index contributed by atoms with van der Waals surface area (Å²) >= 11 is 2.89. The molecule has 27 heavy (non-hydrogen) atoms. The molecule has 0 radical (unpaired) electrons. The first-order valence-corrected chi connectivity index (χ1v) is 10.5. The average Bonchev–Trinajstić information content (AvgIpc) is 3.19. The summed E-state index contributed by atoms with van der Waals surface area (Å²) in [7, 11) is 0. The number of esters is 1. The Kier molecular flexibility index (Phi) is 7.87. The van der Waals surface area contributed by atoms with Crippen molar-refractivity contribution in [1.29, 1.82) is 0 Å². The van der Waals surface area contributed by atoms with Gasteiger partial charge in [0.05, 0.1) is 4.88 Å². The SMILES string of the molecule is CSc1ccc(NC(=O)COC(=O)C(NC(=O)c2cccs2)C(C)C)cc1. The number of benzene rings is 1. The molecule has 0 aliphatic rings. The highest BCUT2D eigenvalue weighted by atomic mass is 32.2. The largest absolute Gasteiger partial charge is 0.454 e. The van der Waals surface area contributed by atoms with Crippen LogP contribution >= 0.6 is 23.1 Å². The van der Waals surface area contributed by atoms with Crippen LogP contribution in [0, 0.1) is 5.92 Å². The second kappa shape index (κ2) is 10.1. The van der Waals surface area contributed by atoms with Crippen LogP contribution in [0.2, 0.25) is 0 Å². The molecule has 1 atom stereocenters. The second-order valence-electron chi connectivity index (χ2n) is 6.06. The van der Waals surface area contributed by atoms with E-state index in [-0.39, 0.29) is 11.8 Å². The molecule has 0 bridgehead atoms. The van der Waals surface area contributed by atoms with E-state index in [0.717, 1.165) is 4.90 Å². The maximum atomic E-state index is 12.3. The normalized spacial score (nSPS) is 11.7. The van der Waals surface area contributed by atoms with Crippen molar-refractivity contribution in [2.75, 3.05) is 18.2 Å². The van der Waals surface area contributed by atoms with Crippen LogP contribution in [-0.2, 0) is 14.3 Å². The Bertz CT molecular complexity index is 774. The standard InChI is InChI=1S/C19H22N2O4S2/c1-12(2)17(21-18(23)15-5-4-10-27-15)19(24)25-11-16(22)20-13-6-8-14(26-3)9-7-13/h4-10,12,17H,11H2,1-3H3,(H,20,22)(H,21,23). The van der Waals surface area contributed by atoms with Gasteiger partial charge in [-0.1, -0.05) is 19.9 Å². The molecule has 144 valence electrons. The molecule has 1 aromatic carbocycles. The van der Waals surface area contributed by atoms with Crippen molar-refractivity contribution in [3.05, 3.63) is 46.7 Å². The third kappa shape index (κ3) is 6.41. The van der Waals surface area contributed by atoms with Crippen LogP contribution in [0.15, 0.2) is 46.7 Å². The number of anilines is 1. The van der Waals surface area contributed by atoms with Crippen molar-refractivity contribution in [1.82, 2.24) is 5.32 Å². The first kappa shape index (κ1) is 21.0. The molecule has 0 spiro atoms. The van der Waals surface area contributed by atoms with E-state index in [1.54, 1.807) is 55.3 Å². The summed E-state index contributed by atoms with van der Waals surface area (Å²) in [6, 6.07) is 9.96. The van der Waals surface area contributed by atoms with Gasteiger partial charge in [0.2, 0.25) is 0 Å². The Morgan fingerprint density at radius 3 is 2.41 bits per heavy atom. The number of carbonyl (C=O) groups is 3.